The maximum absolute atomic E-state index is 12.2. The van der Waals surface area contributed by atoms with Gasteiger partial charge in [-0.05, 0) is 45.2 Å². The Hall–Kier alpha value is -1.36. The second-order valence-corrected chi connectivity index (χ2v) is 5.18. The third-order valence-electron chi connectivity index (χ3n) is 3.61. The minimum atomic E-state index is -0.0734. The molecule has 5 heteroatoms. The Balaban J connectivity index is 1.63. The molecule has 0 aromatic carbocycles. The standard InChI is InChI=1S/C14H24N4O/c1-13(14(19)17-9-3-2-4-10-17)15-7-5-11-18-12-6-8-16-18/h6,8,12-13,15H,2-5,7,9-11H2,1H3. The number of piperidine rings is 1. The number of nitrogens with one attached hydrogen (secondary N) is 1. The first-order chi connectivity index (χ1) is 9.27. The number of hydrogen-bond donors (Lipinski definition) is 1. The van der Waals surface area contributed by atoms with Crippen LogP contribution >= 0.6 is 0 Å². The number of nitrogens with zero attached hydrogens (tertiary/aromatic N) is 3. The van der Waals surface area contributed by atoms with E-state index in [0.29, 0.717) is 0 Å². The third kappa shape index (κ3) is 4.35. The van der Waals surface area contributed by atoms with Gasteiger partial charge in [0.05, 0.1) is 6.04 Å². The molecule has 106 valence electrons. The van der Waals surface area contributed by atoms with Gasteiger partial charge in [-0.25, -0.2) is 0 Å². The Morgan fingerprint density at radius 1 is 1.37 bits per heavy atom. The lowest BCUT2D eigenvalue weighted by Crippen LogP contribution is -2.47. The highest BCUT2D eigenvalue weighted by Crippen LogP contribution is 2.09. The van der Waals surface area contributed by atoms with Crippen molar-refractivity contribution in [3.8, 4) is 0 Å². The van der Waals surface area contributed by atoms with Crippen LogP contribution in [0.25, 0.3) is 0 Å². The molecule has 0 saturated carbocycles. The number of aryl methyl sites for hydroxylation is 1. The van der Waals surface area contributed by atoms with Crippen LogP contribution in [0.3, 0.4) is 0 Å². The van der Waals surface area contributed by atoms with Crippen LogP contribution in [0.15, 0.2) is 18.5 Å². The number of amides is 1. The monoisotopic (exact) mass is 264 g/mol. The van der Waals surface area contributed by atoms with E-state index in [-0.39, 0.29) is 11.9 Å². The van der Waals surface area contributed by atoms with Gasteiger partial charge < -0.3 is 10.2 Å². The average molecular weight is 264 g/mol. The largest absolute Gasteiger partial charge is 0.341 e. The Bertz CT molecular complexity index is 371. The Morgan fingerprint density at radius 3 is 2.84 bits per heavy atom. The molecule has 0 aliphatic carbocycles. The van der Waals surface area contributed by atoms with Gasteiger partial charge in [-0.15, -0.1) is 0 Å². The molecule has 1 aromatic heterocycles. The predicted molar refractivity (Wildman–Crippen MR) is 74.7 cm³/mol. The van der Waals surface area contributed by atoms with Crippen LogP contribution in [-0.4, -0.2) is 46.3 Å². The van der Waals surface area contributed by atoms with Gasteiger partial charge in [0.15, 0.2) is 0 Å². The van der Waals surface area contributed by atoms with Crippen LogP contribution in [-0.2, 0) is 11.3 Å². The SMILES string of the molecule is CC(NCCCn1cccn1)C(=O)N1CCCCC1. The van der Waals surface area contributed by atoms with E-state index >= 15 is 0 Å². The molecule has 5 nitrogen and oxygen atoms in total. The van der Waals surface area contributed by atoms with Gasteiger partial charge in [-0.3, -0.25) is 9.48 Å². The first kappa shape index (κ1) is 14.1. The van der Waals surface area contributed by atoms with Crippen molar-refractivity contribution in [1.29, 1.82) is 0 Å². The van der Waals surface area contributed by atoms with Gasteiger partial charge in [-0.2, -0.15) is 5.10 Å². The summed E-state index contributed by atoms with van der Waals surface area (Å²) in [5.41, 5.74) is 0. The normalized spacial score (nSPS) is 17.4. The summed E-state index contributed by atoms with van der Waals surface area (Å²) < 4.78 is 1.92. The highest BCUT2D eigenvalue weighted by atomic mass is 16.2. The van der Waals surface area contributed by atoms with Gasteiger partial charge in [0, 0.05) is 32.0 Å². The molecular weight excluding hydrogens is 240 g/mol. The van der Waals surface area contributed by atoms with Crippen LogP contribution in [0, 0.1) is 0 Å². The molecule has 1 fully saturated rings. The Kier molecular flexibility index (Phi) is 5.39. The van der Waals surface area contributed by atoms with Crippen molar-refractivity contribution >= 4 is 5.91 Å². The van der Waals surface area contributed by atoms with E-state index in [2.05, 4.69) is 10.4 Å². The molecule has 0 spiro atoms. The van der Waals surface area contributed by atoms with Gasteiger partial charge in [0.1, 0.15) is 0 Å². The topological polar surface area (TPSA) is 50.2 Å². The first-order valence-electron chi connectivity index (χ1n) is 7.27. The molecule has 1 saturated heterocycles. The summed E-state index contributed by atoms with van der Waals surface area (Å²) in [5.74, 6) is 0.249. The lowest BCUT2D eigenvalue weighted by molar-refractivity contribution is -0.133. The summed E-state index contributed by atoms with van der Waals surface area (Å²) in [7, 11) is 0. The fourth-order valence-electron chi connectivity index (χ4n) is 2.47. The zero-order valence-electron chi connectivity index (χ0n) is 11.7. The third-order valence-corrected chi connectivity index (χ3v) is 3.61. The van der Waals surface area contributed by atoms with Crippen molar-refractivity contribution in [2.24, 2.45) is 0 Å². The molecule has 1 atom stereocenters. The Morgan fingerprint density at radius 2 is 2.16 bits per heavy atom. The lowest BCUT2D eigenvalue weighted by atomic mass is 10.1. The quantitative estimate of drug-likeness (QED) is 0.787. The molecule has 2 rings (SSSR count). The van der Waals surface area contributed by atoms with Crippen molar-refractivity contribution < 1.29 is 4.79 Å². The zero-order valence-corrected chi connectivity index (χ0v) is 11.7. The van der Waals surface area contributed by atoms with Crippen LogP contribution in [0.4, 0.5) is 0 Å². The van der Waals surface area contributed by atoms with Crippen molar-refractivity contribution in [2.45, 2.75) is 45.2 Å². The Labute approximate surface area is 115 Å². The van der Waals surface area contributed by atoms with E-state index in [9.17, 15) is 4.79 Å². The van der Waals surface area contributed by atoms with E-state index in [1.807, 2.05) is 28.8 Å². The summed E-state index contributed by atoms with van der Waals surface area (Å²) in [5, 5.41) is 7.46. The fourth-order valence-corrected chi connectivity index (χ4v) is 2.47. The number of likely N-dealkylation sites (tertiary alicyclic amines) is 1. The van der Waals surface area contributed by atoms with E-state index in [0.717, 1.165) is 45.4 Å². The summed E-state index contributed by atoms with van der Waals surface area (Å²) in [6.07, 6.45) is 8.29. The molecule has 1 aliphatic heterocycles. The van der Waals surface area contributed by atoms with Gasteiger partial charge in [0.2, 0.25) is 5.91 Å². The second-order valence-electron chi connectivity index (χ2n) is 5.18. The van der Waals surface area contributed by atoms with Crippen molar-refractivity contribution in [3.63, 3.8) is 0 Å². The zero-order chi connectivity index (χ0) is 13.5. The van der Waals surface area contributed by atoms with Crippen LogP contribution < -0.4 is 5.32 Å². The molecule has 1 amide bonds. The summed E-state index contributed by atoms with van der Waals surface area (Å²) >= 11 is 0. The highest BCUT2D eigenvalue weighted by molar-refractivity contribution is 5.81. The van der Waals surface area contributed by atoms with E-state index < -0.39 is 0 Å². The number of carbonyl (C=O) groups is 1. The molecular formula is C14H24N4O. The number of aromatic nitrogens is 2. The predicted octanol–water partition coefficient (Wildman–Crippen LogP) is 1.26. The summed E-state index contributed by atoms with van der Waals surface area (Å²) in [6, 6.07) is 1.85. The minimum absolute atomic E-state index is 0.0734. The number of hydrogen-bond acceptors (Lipinski definition) is 3. The molecule has 1 N–H and O–H groups in total. The average Bonchev–Trinajstić information content (AvgIpc) is 2.96. The molecule has 1 aromatic rings. The van der Waals surface area contributed by atoms with Crippen molar-refractivity contribution in [2.75, 3.05) is 19.6 Å². The van der Waals surface area contributed by atoms with Crippen molar-refractivity contribution in [1.82, 2.24) is 20.0 Å². The smallest absolute Gasteiger partial charge is 0.239 e. The lowest BCUT2D eigenvalue weighted by Gasteiger charge is -2.29. The minimum Gasteiger partial charge on any atom is -0.341 e. The van der Waals surface area contributed by atoms with E-state index in [4.69, 9.17) is 0 Å². The molecule has 19 heavy (non-hydrogen) atoms. The summed E-state index contributed by atoms with van der Waals surface area (Å²) in [4.78, 5) is 14.2. The van der Waals surface area contributed by atoms with Crippen LogP contribution in [0.1, 0.15) is 32.6 Å². The second kappa shape index (κ2) is 7.28. The van der Waals surface area contributed by atoms with Gasteiger partial charge in [0.25, 0.3) is 0 Å². The summed E-state index contributed by atoms with van der Waals surface area (Å²) in [6.45, 7) is 5.56. The van der Waals surface area contributed by atoms with Crippen LogP contribution in [0.2, 0.25) is 0 Å². The van der Waals surface area contributed by atoms with Gasteiger partial charge >= 0.3 is 0 Å². The highest BCUT2D eigenvalue weighted by Gasteiger charge is 2.21. The maximum Gasteiger partial charge on any atom is 0.239 e. The van der Waals surface area contributed by atoms with Crippen LogP contribution in [0.5, 0.6) is 0 Å². The fraction of sp³-hybridized carbons (Fsp3) is 0.714. The van der Waals surface area contributed by atoms with E-state index in [1.54, 1.807) is 6.20 Å². The van der Waals surface area contributed by atoms with Gasteiger partial charge in [-0.1, -0.05) is 0 Å². The molecule has 1 aliphatic rings. The van der Waals surface area contributed by atoms with E-state index in [1.165, 1.54) is 6.42 Å². The number of carbonyl (C=O) groups excluding carboxylic acids is 1. The first-order valence-corrected chi connectivity index (χ1v) is 7.27. The molecule has 0 bridgehead atoms. The number of rotatable bonds is 6. The molecule has 0 radical (unpaired) electrons. The molecule has 2 heterocycles. The maximum atomic E-state index is 12.2. The molecule has 1 unspecified atom stereocenters. The van der Waals surface area contributed by atoms with Crippen molar-refractivity contribution in [3.05, 3.63) is 18.5 Å².